The normalized spacial score (nSPS) is 14.1. The molecule has 6 rings (SSSR count). The monoisotopic (exact) mass is 923 g/mol. The summed E-state index contributed by atoms with van der Waals surface area (Å²) in [4.78, 5) is 47.3. The fourth-order valence-corrected chi connectivity index (χ4v) is 8.11. The van der Waals surface area contributed by atoms with Gasteiger partial charge >= 0.3 is 18.2 Å². The fourth-order valence-electron chi connectivity index (χ4n) is 8.11. The second-order valence-corrected chi connectivity index (χ2v) is 18.3. The van der Waals surface area contributed by atoms with E-state index in [2.05, 4.69) is 80.0 Å². The van der Waals surface area contributed by atoms with Crippen molar-refractivity contribution in [2.75, 3.05) is 39.4 Å². The summed E-state index contributed by atoms with van der Waals surface area (Å²) in [6.45, 7) is 13.5. The Morgan fingerprint density at radius 2 is 0.896 bits per heavy atom. The van der Waals surface area contributed by atoms with E-state index in [9.17, 15) is 29.4 Å². The molecule has 0 aromatic heterocycles. The molecule has 4 atom stereocenters. The average molecular weight is 923 g/mol. The summed E-state index contributed by atoms with van der Waals surface area (Å²) in [5.74, 6) is -1.47. The maximum absolute atomic E-state index is 12.3. The molecule has 4 aromatic carbocycles. The quantitative estimate of drug-likeness (QED) is 0.0395. The van der Waals surface area contributed by atoms with E-state index in [0.717, 1.165) is 65.1 Å². The highest BCUT2D eigenvalue weighted by Crippen LogP contribution is 2.45. The molecule has 0 saturated carbocycles. The maximum atomic E-state index is 12.3. The number of fused-ring (bicyclic) bond motifs is 6. The number of nitrogens with one attached hydrogen (secondary N) is 3. The van der Waals surface area contributed by atoms with Gasteiger partial charge in [0.15, 0.2) is 0 Å². The molecule has 0 bridgehead atoms. The number of aliphatic carboxylic acids is 1. The Morgan fingerprint density at radius 1 is 0.537 bits per heavy atom. The highest BCUT2D eigenvalue weighted by atomic mass is 16.6. The lowest BCUT2D eigenvalue weighted by molar-refractivity contribution is -0.144. The van der Waals surface area contributed by atoms with Crippen molar-refractivity contribution < 1.29 is 44.0 Å². The molecule has 13 heteroatoms. The van der Waals surface area contributed by atoms with E-state index < -0.39 is 42.2 Å². The zero-order chi connectivity index (χ0) is 48.9. The van der Waals surface area contributed by atoms with Gasteiger partial charge in [-0.05, 0) is 82.7 Å². The van der Waals surface area contributed by atoms with Gasteiger partial charge in [-0.15, -0.1) is 0 Å². The van der Waals surface area contributed by atoms with Crippen LogP contribution in [0.4, 0.5) is 9.59 Å². The number of aliphatic hydroxyl groups excluding tert-OH is 2. The lowest BCUT2D eigenvalue weighted by Gasteiger charge is -2.19. The number of ether oxygens (including phenoxy) is 2. The number of amides is 3. The molecule has 8 N–H and O–H groups in total. The summed E-state index contributed by atoms with van der Waals surface area (Å²) < 4.78 is 10.8. The highest BCUT2D eigenvalue weighted by molar-refractivity contribution is 5.81. The minimum Gasteiger partial charge on any atom is -0.481 e. The highest BCUT2D eigenvalue weighted by Gasteiger charge is 2.31. The number of aliphatic hydroxyl groups is 2. The molecule has 0 fully saturated rings. The van der Waals surface area contributed by atoms with E-state index in [0.29, 0.717) is 12.5 Å². The summed E-state index contributed by atoms with van der Waals surface area (Å²) in [7, 11) is 0. The molecule has 4 aromatic rings. The fraction of sp³-hybridized carbons (Fsp3) is 0.481. The molecule has 0 spiro atoms. The van der Waals surface area contributed by atoms with Crippen LogP contribution >= 0.6 is 0 Å². The predicted octanol–water partition coefficient (Wildman–Crippen LogP) is 8.84. The Kier molecular flexibility index (Phi) is 22.3. The average Bonchev–Trinajstić information content (AvgIpc) is 3.82. The molecule has 3 amide bonds. The Morgan fingerprint density at radius 3 is 1.25 bits per heavy atom. The smallest absolute Gasteiger partial charge is 0.407 e. The van der Waals surface area contributed by atoms with Crippen molar-refractivity contribution in [1.29, 1.82) is 0 Å². The first-order valence-electron chi connectivity index (χ1n) is 23.9. The van der Waals surface area contributed by atoms with Crippen LogP contribution < -0.4 is 21.7 Å². The van der Waals surface area contributed by atoms with Crippen molar-refractivity contribution in [3.63, 3.8) is 0 Å². The van der Waals surface area contributed by atoms with Crippen LogP contribution in [-0.2, 0) is 19.1 Å². The first-order chi connectivity index (χ1) is 32.1. The first-order valence-corrected chi connectivity index (χ1v) is 23.9. The number of carbonyl (C=O) groups excluding carboxylic acids is 3. The lowest BCUT2D eigenvalue weighted by atomic mass is 9.98. The summed E-state index contributed by atoms with van der Waals surface area (Å²) in [5.41, 5.74) is 14.4. The molecular formula is C54H74N4O9. The van der Waals surface area contributed by atoms with E-state index in [4.69, 9.17) is 20.3 Å². The largest absolute Gasteiger partial charge is 0.481 e. The van der Waals surface area contributed by atoms with Gasteiger partial charge in [-0.3, -0.25) is 9.59 Å². The number of carboxylic acids is 1. The maximum Gasteiger partial charge on any atom is 0.407 e. The molecular weight excluding hydrogens is 849 g/mol. The Bertz CT molecular complexity index is 2090. The zero-order valence-corrected chi connectivity index (χ0v) is 40.2. The minimum absolute atomic E-state index is 0.0199. The van der Waals surface area contributed by atoms with Gasteiger partial charge in [-0.1, -0.05) is 157 Å². The van der Waals surface area contributed by atoms with Crippen LogP contribution in [0, 0.1) is 23.7 Å². The van der Waals surface area contributed by atoms with Crippen LogP contribution in [0.3, 0.4) is 0 Å². The number of carboxylic acid groups (broad SMARTS) is 1. The molecule has 0 saturated heterocycles. The summed E-state index contributed by atoms with van der Waals surface area (Å²) >= 11 is 0. The number of benzene rings is 4. The number of nitrogens with two attached hydrogens (primary N) is 1. The first kappa shape index (κ1) is 53.9. The molecule has 0 radical (unpaired) electrons. The van der Waals surface area contributed by atoms with Crippen LogP contribution in [0.15, 0.2) is 97.1 Å². The van der Waals surface area contributed by atoms with Gasteiger partial charge in [0.25, 0.3) is 0 Å². The van der Waals surface area contributed by atoms with E-state index in [1.165, 1.54) is 37.3 Å². The van der Waals surface area contributed by atoms with Crippen molar-refractivity contribution >= 4 is 24.1 Å². The van der Waals surface area contributed by atoms with Gasteiger partial charge in [0.05, 0.1) is 24.0 Å². The van der Waals surface area contributed by atoms with Gasteiger partial charge in [0.1, 0.15) is 13.2 Å². The summed E-state index contributed by atoms with van der Waals surface area (Å²) in [6.07, 6.45) is 3.51. The third-order valence-electron chi connectivity index (χ3n) is 12.3. The molecule has 364 valence electrons. The van der Waals surface area contributed by atoms with Crippen LogP contribution in [0.2, 0.25) is 0 Å². The minimum atomic E-state index is -1.17. The van der Waals surface area contributed by atoms with Gasteiger partial charge < -0.3 is 46.5 Å². The van der Waals surface area contributed by atoms with E-state index >= 15 is 0 Å². The Hall–Kier alpha value is -5.76. The number of hydrogen-bond acceptors (Lipinski definition) is 9. The van der Waals surface area contributed by atoms with Gasteiger partial charge in [-0.25, -0.2) is 9.59 Å². The molecule has 2 aliphatic carbocycles. The van der Waals surface area contributed by atoms with Gasteiger partial charge in [0.2, 0.25) is 5.91 Å². The number of carbonyl (C=O) groups is 4. The molecule has 67 heavy (non-hydrogen) atoms. The third-order valence-corrected chi connectivity index (χ3v) is 12.3. The molecule has 0 heterocycles. The van der Waals surface area contributed by atoms with Gasteiger partial charge in [-0.2, -0.15) is 0 Å². The molecule has 0 unspecified atom stereocenters. The number of unbranched alkanes of at least 4 members (excludes halogenated alkanes) is 2. The van der Waals surface area contributed by atoms with Crippen LogP contribution in [0.5, 0.6) is 0 Å². The summed E-state index contributed by atoms with van der Waals surface area (Å²) in [5, 5.41) is 36.8. The number of alkyl carbamates (subject to hydrolysis) is 2. The van der Waals surface area contributed by atoms with E-state index in [1.807, 2.05) is 60.7 Å². The van der Waals surface area contributed by atoms with E-state index in [1.54, 1.807) is 6.92 Å². The SMILES string of the molecule is CC(C)CCCCN.CC(C)CCCCNC(=O)[C@@H](C)[C@@H](O)CNC(=O)OCC1c2ccccc2-c2ccccc21.C[C@H](C(=O)O)[C@@H](O)CNC(=O)OCC1c2ccccc2-c2ccccc21. The van der Waals surface area contributed by atoms with Crippen molar-refractivity contribution in [3.05, 3.63) is 119 Å². The molecule has 0 aliphatic heterocycles. The van der Waals surface area contributed by atoms with Crippen LogP contribution in [0.25, 0.3) is 22.3 Å². The Balaban J connectivity index is 0.000000256. The van der Waals surface area contributed by atoms with Crippen molar-refractivity contribution in [2.45, 2.75) is 104 Å². The second-order valence-electron chi connectivity index (χ2n) is 18.3. The topological polar surface area (TPSA) is 210 Å². The number of hydrogen-bond donors (Lipinski definition) is 7. The number of rotatable bonds is 21. The van der Waals surface area contributed by atoms with Gasteiger partial charge in [0, 0.05) is 31.5 Å². The van der Waals surface area contributed by atoms with Crippen molar-refractivity contribution in [1.82, 2.24) is 16.0 Å². The van der Waals surface area contributed by atoms with Crippen molar-refractivity contribution in [2.24, 2.45) is 29.4 Å². The second kappa shape index (κ2) is 27.8. The summed E-state index contributed by atoms with van der Waals surface area (Å²) in [6, 6.07) is 32.3. The lowest BCUT2D eigenvalue weighted by Crippen LogP contribution is -2.42. The predicted molar refractivity (Wildman–Crippen MR) is 264 cm³/mol. The standard InChI is InChI=1S/C27H36N2O4.C20H21NO5.C7H17N/c1-18(2)10-8-9-15-28-26(31)19(3)25(30)16-29-27(32)33-17-24-22-13-6-4-11-20(22)21-12-5-7-14-23(21)24;1-12(19(23)24)18(22)10-21-20(25)26-11-17-15-8-4-2-6-13(15)14-7-3-5-9-16(14)17;1-7(2)5-3-4-6-8/h4-7,11-14,18-19,24-25,30H,8-10,15-17H2,1-3H3,(H,28,31)(H,29,32);2-9,12,17-18,22H,10-11H2,1H3,(H,21,25)(H,23,24);7H,3-6,8H2,1-2H3/t19-,25-;12-,18-;/m00./s1. The zero-order valence-electron chi connectivity index (χ0n) is 40.2. The third kappa shape index (κ3) is 16.5. The molecule has 2 aliphatic rings. The molecule has 13 nitrogen and oxygen atoms in total. The van der Waals surface area contributed by atoms with Crippen LogP contribution in [-0.4, -0.2) is 91.0 Å². The van der Waals surface area contributed by atoms with Crippen LogP contribution in [0.1, 0.15) is 114 Å². The van der Waals surface area contributed by atoms with E-state index in [-0.39, 0.29) is 44.0 Å². The van der Waals surface area contributed by atoms with Crippen molar-refractivity contribution in [3.8, 4) is 22.3 Å². The Labute approximate surface area is 397 Å².